The maximum atomic E-state index is 10.1. The van der Waals surface area contributed by atoms with Crippen LogP contribution < -0.4 is 0 Å². The van der Waals surface area contributed by atoms with E-state index in [-0.39, 0.29) is 0 Å². The highest BCUT2D eigenvalue weighted by molar-refractivity contribution is 9.10. The van der Waals surface area contributed by atoms with Crippen LogP contribution in [0.1, 0.15) is 29.5 Å². The first kappa shape index (κ1) is 9.22. The molecule has 1 aromatic rings. The Kier molecular flexibility index (Phi) is 2.00. The first-order valence-electron chi connectivity index (χ1n) is 4.53. The first-order chi connectivity index (χ1) is 6.04. The maximum Gasteiger partial charge on any atom is 0.0904 e. The molecule has 2 rings (SSSR count). The highest BCUT2D eigenvalue weighted by Crippen LogP contribution is 2.48. The number of aryl methyl sites for hydroxylation is 1. The molecule has 1 aliphatic carbocycles. The lowest BCUT2D eigenvalue weighted by Crippen LogP contribution is -2.09. The van der Waals surface area contributed by atoms with Gasteiger partial charge in [-0.25, -0.2) is 0 Å². The summed E-state index contributed by atoms with van der Waals surface area (Å²) >= 11 is 3.49. The van der Waals surface area contributed by atoms with Crippen molar-refractivity contribution in [2.45, 2.75) is 32.3 Å². The molecular weight excluding hydrogens is 228 g/mol. The third-order valence-corrected chi connectivity index (χ3v) is 3.66. The van der Waals surface area contributed by atoms with Crippen molar-refractivity contribution in [1.82, 2.24) is 0 Å². The normalized spacial score (nSPS) is 18.8. The van der Waals surface area contributed by atoms with Crippen LogP contribution in [0, 0.1) is 13.8 Å². The molecule has 0 aromatic heterocycles. The number of rotatable bonds is 1. The van der Waals surface area contributed by atoms with Crippen molar-refractivity contribution in [3.8, 4) is 0 Å². The summed E-state index contributed by atoms with van der Waals surface area (Å²) in [6.07, 6.45) is 1.82. The molecule has 0 atom stereocenters. The summed E-state index contributed by atoms with van der Waals surface area (Å²) in [5, 5.41) is 10.1. The second-order valence-electron chi connectivity index (χ2n) is 3.90. The molecule has 0 spiro atoms. The van der Waals surface area contributed by atoms with Crippen LogP contribution in [0.5, 0.6) is 0 Å². The molecule has 0 radical (unpaired) electrons. The van der Waals surface area contributed by atoms with Gasteiger partial charge in [0.05, 0.1) is 5.60 Å². The van der Waals surface area contributed by atoms with E-state index in [9.17, 15) is 5.11 Å². The molecular formula is C11H13BrO. The van der Waals surface area contributed by atoms with Crippen molar-refractivity contribution in [2.24, 2.45) is 0 Å². The van der Waals surface area contributed by atoms with E-state index < -0.39 is 5.60 Å². The first-order valence-corrected chi connectivity index (χ1v) is 5.32. The second-order valence-corrected chi connectivity index (χ2v) is 4.75. The standard InChI is InChI=1S/C11H13BrO/c1-7-3-4-9(12)8(2)10(7)11(13)5-6-11/h3-4,13H,5-6H2,1-2H3. The molecule has 1 aliphatic rings. The van der Waals surface area contributed by atoms with Gasteiger partial charge < -0.3 is 5.11 Å². The Hall–Kier alpha value is -0.340. The van der Waals surface area contributed by atoms with E-state index in [1.54, 1.807) is 0 Å². The molecule has 0 heterocycles. The van der Waals surface area contributed by atoms with E-state index in [1.807, 2.05) is 6.07 Å². The van der Waals surface area contributed by atoms with Crippen LogP contribution in [0.25, 0.3) is 0 Å². The van der Waals surface area contributed by atoms with Gasteiger partial charge in [-0.2, -0.15) is 0 Å². The van der Waals surface area contributed by atoms with Crippen LogP contribution in [0.4, 0.5) is 0 Å². The molecule has 1 aromatic carbocycles. The average molecular weight is 241 g/mol. The van der Waals surface area contributed by atoms with Crippen LogP contribution in [-0.2, 0) is 5.60 Å². The van der Waals surface area contributed by atoms with Gasteiger partial charge in [-0.15, -0.1) is 0 Å². The van der Waals surface area contributed by atoms with Crippen LogP contribution in [0.2, 0.25) is 0 Å². The number of hydrogen-bond acceptors (Lipinski definition) is 1. The molecule has 1 fully saturated rings. The molecule has 70 valence electrons. The van der Waals surface area contributed by atoms with Crippen molar-refractivity contribution >= 4 is 15.9 Å². The van der Waals surface area contributed by atoms with Gasteiger partial charge in [-0.3, -0.25) is 0 Å². The molecule has 1 saturated carbocycles. The zero-order valence-corrected chi connectivity index (χ0v) is 9.48. The van der Waals surface area contributed by atoms with Gasteiger partial charge in [-0.05, 0) is 49.4 Å². The zero-order valence-electron chi connectivity index (χ0n) is 7.89. The molecule has 0 amide bonds. The second kappa shape index (κ2) is 2.82. The van der Waals surface area contributed by atoms with E-state index in [4.69, 9.17) is 0 Å². The van der Waals surface area contributed by atoms with Gasteiger partial charge in [0.15, 0.2) is 0 Å². The van der Waals surface area contributed by atoms with Gasteiger partial charge in [-0.1, -0.05) is 22.0 Å². The number of benzene rings is 1. The van der Waals surface area contributed by atoms with E-state index in [0.717, 1.165) is 22.9 Å². The Morgan fingerprint density at radius 2 is 1.92 bits per heavy atom. The Labute approximate surface area is 86.9 Å². The third-order valence-electron chi connectivity index (χ3n) is 2.80. The van der Waals surface area contributed by atoms with E-state index in [0.29, 0.717) is 0 Å². The topological polar surface area (TPSA) is 20.2 Å². The summed E-state index contributed by atoms with van der Waals surface area (Å²) in [7, 11) is 0. The highest BCUT2D eigenvalue weighted by Gasteiger charge is 2.44. The lowest BCUT2D eigenvalue weighted by molar-refractivity contribution is 0.150. The van der Waals surface area contributed by atoms with Crippen molar-refractivity contribution in [3.05, 3.63) is 33.3 Å². The molecule has 1 N–H and O–H groups in total. The summed E-state index contributed by atoms with van der Waals surface area (Å²) in [5.41, 5.74) is 2.99. The average Bonchev–Trinajstić information content (AvgIpc) is 2.78. The lowest BCUT2D eigenvalue weighted by atomic mass is 9.96. The Morgan fingerprint density at radius 3 is 2.46 bits per heavy atom. The minimum atomic E-state index is -0.516. The molecule has 0 unspecified atom stereocenters. The molecule has 13 heavy (non-hydrogen) atoms. The summed E-state index contributed by atoms with van der Waals surface area (Å²) in [5.74, 6) is 0. The summed E-state index contributed by atoms with van der Waals surface area (Å²) in [4.78, 5) is 0. The summed E-state index contributed by atoms with van der Waals surface area (Å²) in [6.45, 7) is 4.12. The largest absolute Gasteiger partial charge is 0.385 e. The summed E-state index contributed by atoms with van der Waals surface area (Å²) < 4.78 is 1.09. The van der Waals surface area contributed by atoms with Crippen LogP contribution in [0.15, 0.2) is 16.6 Å². The zero-order chi connectivity index (χ0) is 9.64. The smallest absolute Gasteiger partial charge is 0.0904 e. The van der Waals surface area contributed by atoms with E-state index >= 15 is 0 Å². The van der Waals surface area contributed by atoms with Crippen molar-refractivity contribution in [1.29, 1.82) is 0 Å². The van der Waals surface area contributed by atoms with Crippen LogP contribution in [-0.4, -0.2) is 5.11 Å². The molecule has 0 saturated heterocycles. The number of aliphatic hydroxyl groups is 1. The quantitative estimate of drug-likeness (QED) is 0.801. The van der Waals surface area contributed by atoms with Gasteiger partial charge in [0.1, 0.15) is 0 Å². The Balaban J connectivity index is 2.61. The fourth-order valence-corrected chi connectivity index (χ4v) is 2.24. The van der Waals surface area contributed by atoms with Gasteiger partial charge in [0.25, 0.3) is 0 Å². The van der Waals surface area contributed by atoms with E-state index in [1.165, 1.54) is 11.1 Å². The van der Waals surface area contributed by atoms with Crippen molar-refractivity contribution < 1.29 is 5.11 Å². The van der Waals surface area contributed by atoms with Gasteiger partial charge in [0.2, 0.25) is 0 Å². The minimum Gasteiger partial charge on any atom is -0.385 e. The van der Waals surface area contributed by atoms with Crippen molar-refractivity contribution in [2.75, 3.05) is 0 Å². The number of hydrogen-bond donors (Lipinski definition) is 1. The van der Waals surface area contributed by atoms with Crippen molar-refractivity contribution in [3.63, 3.8) is 0 Å². The maximum absolute atomic E-state index is 10.1. The predicted molar refractivity (Wildman–Crippen MR) is 56.7 cm³/mol. The molecule has 1 nitrogen and oxygen atoms in total. The molecule has 2 heteroatoms. The fourth-order valence-electron chi connectivity index (χ4n) is 1.91. The predicted octanol–water partition coefficient (Wildman–Crippen LogP) is 3.05. The monoisotopic (exact) mass is 240 g/mol. The minimum absolute atomic E-state index is 0.516. The number of halogens is 1. The SMILES string of the molecule is Cc1ccc(Br)c(C)c1C1(O)CC1. The van der Waals surface area contributed by atoms with Gasteiger partial charge >= 0.3 is 0 Å². The fraction of sp³-hybridized carbons (Fsp3) is 0.455. The lowest BCUT2D eigenvalue weighted by Gasteiger charge is -2.16. The Bertz CT molecular complexity index is 353. The van der Waals surface area contributed by atoms with Crippen LogP contribution >= 0.6 is 15.9 Å². The van der Waals surface area contributed by atoms with Gasteiger partial charge in [0, 0.05) is 4.47 Å². The summed E-state index contributed by atoms with van der Waals surface area (Å²) in [6, 6.07) is 4.10. The Morgan fingerprint density at radius 1 is 1.31 bits per heavy atom. The molecule has 0 aliphatic heterocycles. The third kappa shape index (κ3) is 1.42. The highest BCUT2D eigenvalue weighted by atomic mass is 79.9. The molecule has 0 bridgehead atoms. The van der Waals surface area contributed by atoms with E-state index in [2.05, 4.69) is 35.8 Å². The van der Waals surface area contributed by atoms with Crippen LogP contribution in [0.3, 0.4) is 0 Å².